The number of hydrogen-bond acceptors (Lipinski definition) is 3. The second-order valence-electron chi connectivity index (χ2n) is 3.99. The summed E-state index contributed by atoms with van der Waals surface area (Å²) in [6, 6.07) is 3.40. The Labute approximate surface area is 88.3 Å². The molecule has 0 bridgehead atoms. The lowest BCUT2D eigenvalue weighted by Gasteiger charge is -2.26. The van der Waals surface area contributed by atoms with Gasteiger partial charge < -0.3 is 14.6 Å². The highest BCUT2D eigenvalue weighted by Crippen LogP contribution is 2.33. The Balaban J connectivity index is 2.83. The topological polar surface area (TPSA) is 53.6 Å². The lowest BCUT2D eigenvalue weighted by atomic mass is 9.86. The van der Waals surface area contributed by atoms with Crippen molar-refractivity contribution in [1.82, 2.24) is 0 Å². The van der Waals surface area contributed by atoms with Crippen LogP contribution in [0.15, 0.2) is 16.5 Å². The van der Waals surface area contributed by atoms with Gasteiger partial charge in [-0.25, -0.2) is 0 Å². The summed E-state index contributed by atoms with van der Waals surface area (Å²) in [6.07, 6.45) is -0.815. The van der Waals surface area contributed by atoms with Gasteiger partial charge in [-0.2, -0.15) is 0 Å². The molecule has 3 nitrogen and oxygen atoms in total. The monoisotopic (exact) mass is 218 g/mol. The van der Waals surface area contributed by atoms with E-state index >= 15 is 0 Å². The molecule has 0 aromatic carbocycles. The number of alkyl halides is 1. The highest BCUT2D eigenvalue weighted by molar-refractivity contribution is 6.16. The van der Waals surface area contributed by atoms with Crippen molar-refractivity contribution in [1.29, 1.82) is 0 Å². The third-order valence-electron chi connectivity index (χ3n) is 2.23. The molecule has 0 fully saturated rings. The third kappa shape index (κ3) is 2.29. The summed E-state index contributed by atoms with van der Waals surface area (Å²) in [5.74, 6) is 1.35. The van der Waals surface area contributed by atoms with E-state index in [1.165, 1.54) is 0 Å². The van der Waals surface area contributed by atoms with Crippen LogP contribution in [0.5, 0.6) is 0 Å². The maximum Gasteiger partial charge on any atom is 0.133 e. The maximum absolute atomic E-state index is 9.86. The van der Waals surface area contributed by atoms with Crippen molar-refractivity contribution in [2.24, 2.45) is 5.41 Å². The van der Waals surface area contributed by atoms with E-state index in [-0.39, 0.29) is 12.5 Å². The first-order chi connectivity index (χ1) is 6.51. The number of furan rings is 1. The van der Waals surface area contributed by atoms with Gasteiger partial charge in [0, 0.05) is 5.41 Å². The van der Waals surface area contributed by atoms with Gasteiger partial charge in [0.15, 0.2) is 0 Å². The zero-order valence-electron chi connectivity index (χ0n) is 8.33. The van der Waals surface area contributed by atoms with Crippen molar-refractivity contribution in [2.45, 2.75) is 25.8 Å². The van der Waals surface area contributed by atoms with E-state index in [2.05, 4.69) is 0 Å². The summed E-state index contributed by atoms with van der Waals surface area (Å²) in [7, 11) is 0. The number of aliphatic hydroxyl groups is 2. The SMILES string of the molecule is CC(C)(CO)C(O)c1ccc(CCl)o1. The number of halogens is 1. The summed E-state index contributed by atoms with van der Waals surface area (Å²) in [4.78, 5) is 0. The second-order valence-corrected chi connectivity index (χ2v) is 4.25. The lowest BCUT2D eigenvalue weighted by Crippen LogP contribution is -2.25. The minimum atomic E-state index is -0.815. The highest BCUT2D eigenvalue weighted by Gasteiger charge is 2.30. The molecule has 0 spiro atoms. The Bertz CT molecular complexity index is 293. The van der Waals surface area contributed by atoms with E-state index in [1.807, 2.05) is 0 Å². The summed E-state index contributed by atoms with van der Waals surface area (Å²) in [5, 5.41) is 18.9. The summed E-state index contributed by atoms with van der Waals surface area (Å²) in [6.45, 7) is 3.42. The van der Waals surface area contributed by atoms with E-state index in [1.54, 1.807) is 26.0 Å². The number of aliphatic hydroxyl groups excluding tert-OH is 2. The summed E-state index contributed by atoms with van der Waals surface area (Å²) < 4.78 is 5.29. The zero-order valence-corrected chi connectivity index (χ0v) is 9.08. The van der Waals surface area contributed by atoms with E-state index in [0.717, 1.165) is 0 Å². The first kappa shape index (κ1) is 11.6. The standard InChI is InChI=1S/C10H15ClO3/c1-10(2,6-12)9(13)8-4-3-7(5-11)14-8/h3-4,9,12-13H,5-6H2,1-2H3. The van der Waals surface area contributed by atoms with Gasteiger partial charge in [0.1, 0.15) is 17.6 Å². The van der Waals surface area contributed by atoms with Gasteiger partial charge in [-0.15, -0.1) is 11.6 Å². The van der Waals surface area contributed by atoms with Crippen LogP contribution in [-0.4, -0.2) is 16.8 Å². The minimum Gasteiger partial charge on any atom is -0.462 e. The minimum absolute atomic E-state index is 0.106. The Morgan fingerprint density at radius 2 is 2.14 bits per heavy atom. The quantitative estimate of drug-likeness (QED) is 0.761. The van der Waals surface area contributed by atoms with Crippen LogP contribution in [0.4, 0.5) is 0 Å². The van der Waals surface area contributed by atoms with Crippen molar-refractivity contribution in [3.8, 4) is 0 Å². The molecule has 2 N–H and O–H groups in total. The van der Waals surface area contributed by atoms with E-state index in [0.29, 0.717) is 11.5 Å². The van der Waals surface area contributed by atoms with Crippen molar-refractivity contribution < 1.29 is 14.6 Å². The number of hydrogen-bond donors (Lipinski definition) is 2. The molecule has 0 radical (unpaired) electrons. The first-order valence-corrected chi connectivity index (χ1v) is 4.98. The van der Waals surface area contributed by atoms with Gasteiger partial charge in [0.05, 0.1) is 12.5 Å². The van der Waals surface area contributed by atoms with Gasteiger partial charge in [-0.1, -0.05) is 13.8 Å². The van der Waals surface area contributed by atoms with Crippen molar-refractivity contribution >= 4 is 11.6 Å². The van der Waals surface area contributed by atoms with Crippen LogP contribution in [-0.2, 0) is 5.88 Å². The Morgan fingerprint density at radius 1 is 1.50 bits per heavy atom. The molecule has 80 valence electrons. The van der Waals surface area contributed by atoms with Crippen molar-refractivity contribution in [3.63, 3.8) is 0 Å². The lowest BCUT2D eigenvalue weighted by molar-refractivity contribution is -0.00723. The smallest absolute Gasteiger partial charge is 0.133 e. The molecular weight excluding hydrogens is 204 g/mol. The Kier molecular flexibility index (Phi) is 3.59. The van der Waals surface area contributed by atoms with Crippen LogP contribution in [0.25, 0.3) is 0 Å². The average molecular weight is 219 g/mol. The van der Waals surface area contributed by atoms with Gasteiger partial charge in [0.25, 0.3) is 0 Å². The fourth-order valence-corrected chi connectivity index (χ4v) is 1.23. The fourth-order valence-electron chi connectivity index (χ4n) is 1.08. The van der Waals surface area contributed by atoms with Crippen LogP contribution >= 0.6 is 11.6 Å². The van der Waals surface area contributed by atoms with Gasteiger partial charge >= 0.3 is 0 Å². The largest absolute Gasteiger partial charge is 0.462 e. The van der Waals surface area contributed by atoms with Crippen molar-refractivity contribution in [3.05, 3.63) is 23.7 Å². The predicted octanol–water partition coefficient (Wildman–Crippen LogP) is 2.07. The summed E-state index contributed by atoms with van der Waals surface area (Å²) in [5.41, 5.74) is -0.610. The van der Waals surface area contributed by atoms with Crippen molar-refractivity contribution in [2.75, 3.05) is 6.61 Å². The fraction of sp³-hybridized carbons (Fsp3) is 0.600. The zero-order chi connectivity index (χ0) is 10.8. The molecule has 1 aromatic rings. The molecule has 1 heterocycles. The van der Waals surface area contributed by atoms with E-state index < -0.39 is 11.5 Å². The van der Waals surface area contributed by atoms with Gasteiger partial charge in [-0.05, 0) is 12.1 Å². The van der Waals surface area contributed by atoms with Crippen LogP contribution in [0.1, 0.15) is 31.5 Å². The van der Waals surface area contributed by atoms with E-state index in [9.17, 15) is 5.11 Å². The Hall–Kier alpha value is -0.510. The molecule has 4 heteroatoms. The normalized spacial score (nSPS) is 14.4. The predicted molar refractivity (Wildman–Crippen MR) is 54.1 cm³/mol. The average Bonchev–Trinajstić information content (AvgIpc) is 2.64. The van der Waals surface area contributed by atoms with Gasteiger partial charge in [0.2, 0.25) is 0 Å². The summed E-state index contributed by atoms with van der Waals surface area (Å²) >= 11 is 5.57. The van der Waals surface area contributed by atoms with Gasteiger partial charge in [-0.3, -0.25) is 0 Å². The molecule has 14 heavy (non-hydrogen) atoms. The highest BCUT2D eigenvalue weighted by atomic mass is 35.5. The third-order valence-corrected chi connectivity index (χ3v) is 2.49. The van der Waals surface area contributed by atoms with Crippen LogP contribution in [0.2, 0.25) is 0 Å². The molecular formula is C10H15ClO3. The molecule has 1 unspecified atom stereocenters. The molecule has 0 aliphatic carbocycles. The van der Waals surface area contributed by atoms with Crippen LogP contribution in [0, 0.1) is 5.41 Å². The molecule has 0 saturated carbocycles. The molecule has 0 aliphatic heterocycles. The maximum atomic E-state index is 9.86. The van der Waals surface area contributed by atoms with E-state index in [4.69, 9.17) is 21.1 Å². The Morgan fingerprint density at radius 3 is 2.57 bits per heavy atom. The van der Waals surface area contributed by atoms with Crippen LogP contribution < -0.4 is 0 Å². The molecule has 0 aliphatic rings. The molecule has 1 aromatic heterocycles. The second kappa shape index (κ2) is 4.34. The first-order valence-electron chi connectivity index (χ1n) is 4.45. The number of rotatable bonds is 4. The molecule has 0 amide bonds. The molecule has 0 saturated heterocycles. The van der Waals surface area contributed by atoms with Crippen LogP contribution in [0.3, 0.4) is 0 Å². The molecule has 1 atom stereocenters. The molecule has 1 rings (SSSR count).